The summed E-state index contributed by atoms with van der Waals surface area (Å²) in [4.78, 5) is 0. The molecule has 0 radical (unpaired) electrons. The van der Waals surface area contributed by atoms with Crippen molar-refractivity contribution in [3.05, 3.63) is 47.5 Å². The van der Waals surface area contributed by atoms with Crippen LogP contribution in [0.15, 0.2) is 30.3 Å². The van der Waals surface area contributed by atoms with E-state index in [0.717, 1.165) is 24.6 Å². The number of nitrogens with zero attached hydrogens (tertiary/aromatic N) is 3. The molecule has 0 aliphatic carbocycles. The second-order valence-corrected chi connectivity index (χ2v) is 4.49. The lowest BCUT2D eigenvalue weighted by atomic mass is 9.95. The molecule has 0 saturated carbocycles. The van der Waals surface area contributed by atoms with E-state index in [4.69, 9.17) is 11.6 Å². The molecule has 18 heavy (non-hydrogen) atoms. The number of rotatable bonds is 5. The standard InChI is InChI=1S/C14H18ClN3/c1-3-12(11-8-6-5-7-9-11)14-17-16-13(10-15)18(14)4-2/h5-9,12H,3-4,10H2,1-2H3. The third-order valence-electron chi connectivity index (χ3n) is 3.21. The first-order chi connectivity index (χ1) is 8.81. The van der Waals surface area contributed by atoms with Crippen LogP contribution in [0.2, 0.25) is 0 Å². The van der Waals surface area contributed by atoms with Crippen LogP contribution in [0.1, 0.15) is 43.4 Å². The van der Waals surface area contributed by atoms with E-state index >= 15 is 0 Å². The molecular weight excluding hydrogens is 246 g/mol. The van der Waals surface area contributed by atoms with Gasteiger partial charge in [-0.3, -0.25) is 0 Å². The average Bonchev–Trinajstić information content (AvgIpc) is 2.83. The van der Waals surface area contributed by atoms with Gasteiger partial charge in [-0.25, -0.2) is 0 Å². The molecule has 0 N–H and O–H groups in total. The normalized spacial score (nSPS) is 12.6. The summed E-state index contributed by atoms with van der Waals surface area (Å²) in [7, 11) is 0. The fraction of sp³-hybridized carbons (Fsp3) is 0.429. The fourth-order valence-corrected chi connectivity index (χ4v) is 2.50. The second kappa shape index (κ2) is 6.01. The van der Waals surface area contributed by atoms with E-state index in [-0.39, 0.29) is 5.92 Å². The lowest BCUT2D eigenvalue weighted by Crippen LogP contribution is -2.10. The summed E-state index contributed by atoms with van der Waals surface area (Å²) in [5.74, 6) is 2.56. The predicted octanol–water partition coefficient (Wildman–Crippen LogP) is 3.58. The first kappa shape index (κ1) is 13.1. The highest BCUT2D eigenvalue weighted by Gasteiger charge is 2.20. The molecule has 1 heterocycles. The summed E-state index contributed by atoms with van der Waals surface area (Å²) in [6.07, 6.45) is 1.00. The summed E-state index contributed by atoms with van der Waals surface area (Å²) in [5.41, 5.74) is 1.28. The molecule has 1 aromatic heterocycles. The van der Waals surface area contributed by atoms with Crippen molar-refractivity contribution in [3.8, 4) is 0 Å². The molecule has 0 aliphatic heterocycles. The second-order valence-electron chi connectivity index (χ2n) is 4.22. The van der Waals surface area contributed by atoms with Gasteiger partial charge in [0.25, 0.3) is 0 Å². The molecule has 0 bridgehead atoms. The van der Waals surface area contributed by atoms with Crippen molar-refractivity contribution in [2.45, 2.75) is 38.6 Å². The van der Waals surface area contributed by atoms with Crippen molar-refractivity contribution in [2.75, 3.05) is 0 Å². The van der Waals surface area contributed by atoms with Gasteiger partial charge >= 0.3 is 0 Å². The largest absolute Gasteiger partial charge is 0.314 e. The lowest BCUT2D eigenvalue weighted by Gasteiger charge is -2.16. The fourth-order valence-electron chi connectivity index (χ4n) is 2.30. The molecule has 1 unspecified atom stereocenters. The van der Waals surface area contributed by atoms with Crippen molar-refractivity contribution in [1.29, 1.82) is 0 Å². The van der Waals surface area contributed by atoms with Crippen LogP contribution in [0.5, 0.6) is 0 Å². The molecule has 4 heteroatoms. The number of hydrogen-bond acceptors (Lipinski definition) is 2. The zero-order valence-corrected chi connectivity index (χ0v) is 11.6. The van der Waals surface area contributed by atoms with Gasteiger partial charge in [0, 0.05) is 12.5 Å². The first-order valence-electron chi connectivity index (χ1n) is 6.34. The van der Waals surface area contributed by atoms with Gasteiger partial charge in [0.2, 0.25) is 0 Å². The summed E-state index contributed by atoms with van der Waals surface area (Å²) in [6, 6.07) is 10.4. The molecule has 2 rings (SSSR count). The van der Waals surface area contributed by atoms with Gasteiger partial charge in [0.1, 0.15) is 11.6 Å². The van der Waals surface area contributed by atoms with Crippen molar-refractivity contribution in [1.82, 2.24) is 14.8 Å². The minimum Gasteiger partial charge on any atom is -0.314 e. The Bertz CT molecular complexity index is 493. The summed E-state index contributed by atoms with van der Waals surface area (Å²) < 4.78 is 2.12. The number of aromatic nitrogens is 3. The third-order valence-corrected chi connectivity index (χ3v) is 3.45. The molecule has 2 aromatic rings. The van der Waals surface area contributed by atoms with Crippen LogP contribution in [0.25, 0.3) is 0 Å². The van der Waals surface area contributed by atoms with Crippen LogP contribution in [-0.4, -0.2) is 14.8 Å². The van der Waals surface area contributed by atoms with Crippen LogP contribution in [-0.2, 0) is 12.4 Å². The minimum atomic E-state index is 0.288. The Balaban J connectivity index is 2.42. The third kappa shape index (κ3) is 2.41. The van der Waals surface area contributed by atoms with E-state index in [2.05, 4.69) is 52.9 Å². The predicted molar refractivity (Wildman–Crippen MR) is 73.8 cm³/mol. The Hall–Kier alpha value is -1.35. The van der Waals surface area contributed by atoms with E-state index in [1.165, 1.54) is 5.56 Å². The van der Waals surface area contributed by atoms with Gasteiger partial charge in [-0.05, 0) is 18.9 Å². The maximum atomic E-state index is 5.89. The highest BCUT2D eigenvalue weighted by molar-refractivity contribution is 6.16. The average molecular weight is 264 g/mol. The molecule has 0 saturated heterocycles. The first-order valence-corrected chi connectivity index (χ1v) is 6.88. The summed E-state index contributed by atoms with van der Waals surface area (Å²) in [6.45, 7) is 5.13. The quantitative estimate of drug-likeness (QED) is 0.772. The van der Waals surface area contributed by atoms with Gasteiger partial charge in [-0.2, -0.15) is 0 Å². The van der Waals surface area contributed by atoms with Crippen LogP contribution in [0, 0.1) is 0 Å². The highest BCUT2D eigenvalue weighted by Crippen LogP contribution is 2.27. The summed E-state index contributed by atoms with van der Waals surface area (Å²) >= 11 is 5.89. The summed E-state index contributed by atoms with van der Waals surface area (Å²) in [5, 5.41) is 8.51. The number of benzene rings is 1. The Labute approximate surface area is 113 Å². The van der Waals surface area contributed by atoms with E-state index in [1.54, 1.807) is 0 Å². The van der Waals surface area contributed by atoms with Gasteiger partial charge in [0.15, 0.2) is 0 Å². The Morgan fingerprint density at radius 3 is 2.44 bits per heavy atom. The minimum absolute atomic E-state index is 0.288. The molecular formula is C14H18ClN3. The van der Waals surface area contributed by atoms with Crippen molar-refractivity contribution < 1.29 is 0 Å². The molecule has 0 spiro atoms. The van der Waals surface area contributed by atoms with Gasteiger partial charge in [-0.15, -0.1) is 21.8 Å². The SMILES string of the molecule is CCC(c1ccccc1)c1nnc(CCl)n1CC. The highest BCUT2D eigenvalue weighted by atomic mass is 35.5. The van der Waals surface area contributed by atoms with Crippen LogP contribution < -0.4 is 0 Å². The Morgan fingerprint density at radius 1 is 1.17 bits per heavy atom. The molecule has 0 aliphatic rings. The van der Waals surface area contributed by atoms with Gasteiger partial charge in [0.05, 0.1) is 5.88 Å². The molecule has 96 valence electrons. The zero-order valence-electron chi connectivity index (χ0n) is 10.8. The van der Waals surface area contributed by atoms with E-state index < -0.39 is 0 Å². The molecule has 1 atom stereocenters. The van der Waals surface area contributed by atoms with Crippen LogP contribution in [0.3, 0.4) is 0 Å². The van der Waals surface area contributed by atoms with E-state index in [0.29, 0.717) is 5.88 Å². The van der Waals surface area contributed by atoms with E-state index in [9.17, 15) is 0 Å². The van der Waals surface area contributed by atoms with Crippen LogP contribution >= 0.6 is 11.6 Å². The van der Waals surface area contributed by atoms with E-state index in [1.807, 2.05) is 6.07 Å². The molecule has 3 nitrogen and oxygen atoms in total. The van der Waals surface area contributed by atoms with Crippen molar-refractivity contribution in [3.63, 3.8) is 0 Å². The lowest BCUT2D eigenvalue weighted by molar-refractivity contribution is 0.619. The molecule has 0 fully saturated rings. The van der Waals surface area contributed by atoms with Gasteiger partial charge < -0.3 is 4.57 Å². The molecule has 1 aromatic carbocycles. The maximum absolute atomic E-state index is 5.89. The molecule has 0 amide bonds. The van der Waals surface area contributed by atoms with Crippen molar-refractivity contribution >= 4 is 11.6 Å². The monoisotopic (exact) mass is 263 g/mol. The topological polar surface area (TPSA) is 30.7 Å². The van der Waals surface area contributed by atoms with Gasteiger partial charge in [-0.1, -0.05) is 37.3 Å². The number of halogens is 1. The van der Waals surface area contributed by atoms with Crippen molar-refractivity contribution in [2.24, 2.45) is 0 Å². The smallest absolute Gasteiger partial charge is 0.147 e. The Kier molecular flexibility index (Phi) is 4.37. The zero-order chi connectivity index (χ0) is 13.0. The maximum Gasteiger partial charge on any atom is 0.147 e. The van der Waals surface area contributed by atoms with Crippen LogP contribution in [0.4, 0.5) is 0 Å². The Morgan fingerprint density at radius 2 is 1.89 bits per heavy atom. The number of hydrogen-bond donors (Lipinski definition) is 0. The number of alkyl halides is 1.